The number of nitrogens with one attached hydrogen (secondary N) is 1. The van der Waals surface area contributed by atoms with Gasteiger partial charge in [-0.2, -0.15) is 0 Å². The Balaban J connectivity index is 1.55. The van der Waals surface area contributed by atoms with Crippen LogP contribution in [0, 0.1) is 20.8 Å². The minimum Gasteiger partial charge on any atom is -0.440 e. The Hall–Kier alpha value is -2.91. The van der Waals surface area contributed by atoms with Gasteiger partial charge >= 0.3 is 0 Å². The van der Waals surface area contributed by atoms with E-state index in [1.807, 2.05) is 36.6 Å². The first-order valence-corrected chi connectivity index (χ1v) is 9.79. The topological polar surface area (TPSA) is 103 Å². The second-order valence-corrected chi connectivity index (χ2v) is 8.02. The van der Waals surface area contributed by atoms with Gasteiger partial charge < -0.3 is 13.3 Å². The van der Waals surface area contributed by atoms with Crippen molar-refractivity contribution in [3.63, 3.8) is 0 Å². The summed E-state index contributed by atoms with van der Waals surface area (Å²) in [7, 11) is -3.83. The van der Waals surface area contributed by atoms with Crippen LogP contribution in [-0.4, -0.2) is 23.0 Å². The number of hydrogen-bond donors (Lipinski definition) is 1. The van der Waals surface area contributed by atoms with E-state index in [9.17, 15) is 8.42 Å². The lowest BCUT2D eigenvalue weighted by molar-refractivity contribution is 0.397. The predicted molar refractivity (Wildman–Crippen MR) is 97.6 cm³/mol. The summed E-state index contributed by atoms with van der Waals surface area (Å²) in [5.41, 5.74) is 3.96. The molecule has 0 aromatic carbocycles. The SMILES string of the molecule is Cc1noc(-c2ccc(S(=O)(=O)NCc3cn4cccc(C)c4n3)o2)c1C. The van der Waals surface area contributed by atoms with Crippen LogP contribution in [0.4, 0.5) is 0 Å². The van der Waals surface area contributed by atoms with E-state index in [1.165, 1.54) is 6.07 Å². The zero-order chi connectivity index (χ0) is 19.2. The molecule has 0 aliphatic rings. The molecule has 4 aromatic heterocycles. The number of aromatic nitrogens is 3. The van der Waals surface area contributed by atoms with E-state index in [0.717, 1.165) is 22.5 Å². The van der Waals surface area contributed by atoms with Crippen LogP contribution in [0.3, 0.4) is 0 Å². The molecule has 140 valence electrons. The number of fused-ring (bicyclic) bond motifs is 1. The van der Waals surface area contributed by atoms with E-state index in [1.54, 1.807) is 19.2 Å². The lowest BCUT2D eigenvalue weighted by atomic mass is 10.2. The molecule has 0 saturated heterocycles. The molecule has 8 nitrogen and oxygen atoms in total. The molecule has 0 fully saturated rings. The first kappa shape index (κ1) is 17.5. The predicted octanol–water partition coefficient (Wildman–Crippen LogP) is 2.99. The van der Waals surface area contributed by atoms with Crippen LogP contribution in [0.25, 0.3) is 17.2 Å². The fourth-order valence-corrected chi connectivity index (χ4v) is 3.69. The normalized spacial score (nSPS) is 12.1. The molecule has 0 spiro atoms. The van der Waals surface area contributed by atoms with E-state index in [4.69, 9.17) is 8.94 Å². The van der Waals surface area contributed by atoms with Crippen LogP contribution in [0.2, 0.25) is 0 Å². The van der Waals surface area contributed by atoms with Crippen LogP contribution in [0.1, 0.15) is 22.5 Å². The molecule has 0 amide bonds. The quantitative estimate of drug-likeness (QED) is 0.566. The monoisotopic (exact) mass is 386 g/mol. The second-order valence-electron chi connectivity index (χ2n) is 6.32. The van der Waals surface area contributed by atoms with E-state index in [2.05, 4.69) is 14.9 Å². The number of furan rings is 1. The minimum absolute atomic E-state index is 0.0555. The smallest absolute Gasteiger partial charge is 0.274 e. The van der Waals surface area contributed by atoms with E-state index < -0.39 is 10.0 Å². The highest BCUT2D eigenvalue weighted by Gasteiger charge is 2.22. The number of aryl methyl sites for hydroxylation is 2. The van der Waals surface area contributed by atoms with Crippen LogP contribution >= 0.6 is 0 Å². The number of sulfonamides is 1. The van der Waals surface area contributed by atoms with E-state index >= 15 is 0 Å². The maximum Gasteiger partial charge on any atom is 0.274 e. The third-order valence-electron chi connectivity index (χ3n) is 4.40. The molecular formula is C18H18N4O4S. The molecule has 4 aromatic rings. The molecule has 1 N–H and O–H groups in total. The van der Waals surface area contributed by atoms with Crippen molar-refractivity contribution in [2.45, 2.75) is 32.4 Å². The Kier molecular flexibility index (Phi) is 4.12. The average molecular weight is 386 g/mol. The van der Waals surface area contributed by atoms with Gasteiger partial charge in [-0.25, -0.2) is 18.1 Å². The van der Waals surface area contributed by atoms with Gasteiger partial charge in [-0.3, -0.25) is 0 Å². The van der Waals surface area contributed by atoms with Crippen LogP contribution < -0.4 is 4.72 Å². The molecular weight excluding hydrogens is 368 g/mol. The highest BCUT2D eigenvalue weighted by atomic mass is 32.2. The van der Waals surface area contributed by atoms with Gasteiger partial charge in [0, 0.05) is 18.0 Å². The Labute approximate surface area is 155 Å². The van der Waals surface area contributed by atoms with E-state index in [0.29, 0.717) is 17.2 Å². The molecule has 27 heavy (non-hydrogen) atoms. The first-order chi connectivity index (χ1) is 12.8. The molecule has 0 bridgehead atoms. The van der Waals surface area contributed by atoms with Crippen molar-refractivity contribution in [3.05, 3.63) is 59.2 Å². The number of pyridine rings is 1. The highest BCUT2D eigenvalue weighted by molar-refractivity contribution is 7.89. The molecule has 4 heterocycles. The molecule has 0 radical (unpaired) electrons. The zero-order valence-electron chi connectivity index (χ0n) is 15.1. The van der Waals surface area contributed by atoms with Crippen molar-refractivity contribution < 1.29 is 17.4 Å². The fraction of sp³-hybridized carbons (Fsp3) is 0.222. The van der Waals surface area contributed by atoms with Crippen molar-refractivity contribution in [3.8, 4) is 11.5 Å². The highest BCUT2D eigenvalue weighted by Crippen LogP contribution is 2.28. The van der Waals surface area contributed by atoms with Crippen LogP contribution in [-0.2, 0) is 16.6 Å². The van der Waals surface area contributed by atoms with Gasteiger partial charge in [-0.15, -0.1) is 0 Å². The van der Waals surface area contributed by atoms with Crippen molar-refractivity contribution in [2.75, 3.05) is 0 Å². The number of hydrogen-bond acceptors (Lipinski definition) is 6. The third kappa shape index (κ3) is 3.15. The van der Waals surface area contributed by atoms with Crippen molar-refractivity contribution >= 4 is 15.7 Å². The van der Waals surface area contributed by atoms with Gasteiger partial charge in [0.25, 0.3) is 10.0 Å². The molecule has 0 unspecified atom stereocenters. The lowest BCUT2D eigenvalue weighted by Crippen LogP contribution is -2.22. The summed E-state index contributed by atoms with van der Waals surface area (Å²) < 4.78 is 40.1. The Morgan fingerprint density at radius 3 is 2.70 bits per heavy atom. The van der Waals surface area contributed by atoms with Crippen molar-refractivity contribution in [1.29, 1.82) is 0 Å². The molecule has 0 aliphatic heterocycles. The second kappa shape index (κ2) is 6.36. The van der Waals surface area contributed by atoms with Gasteiger partial charge in [0.05, 0.1) is 17.9 Å². The maximum absolute atomic E-state index is 12.5. The fourth-order valence-electron chi connectivity index (χ4n) is 2.76. The lowest BCUT2D eigenvalue weighted by Gasteiger charge is -2.01. The van der Waals surface area contributed by atoms with Gasteiger partial charge in [0.1, 0.15) is 5.65 Å². The standard InChI is InChI=1S/C18H18N4O4S/c1-11-5-4-8-22-10-14(20-18(11)22)9-19-27(23,24)16-7-6-15(25-16)17-12(2)13(3)21-26-17/h4-8,10,19H,9H2,1-3H3. The number of nitrogens with zero attached hydrogens (tertiary/aromatic N) is 3. The van der Waals surface area contributed by atoms with Crippen molar-refractivity contribution in [2.24, 2.45) is 0 Å². The largest absolute Gasteiger partial charge is 0.440 e. The summed E-state index contributed by atoms with van der Waals surface area (Å²) in [6, 6.07) is 6.81. The summed E-state index contributed by atoms with van der Waals surface area (Å²) in [6.07, 6.45) is 3.66. The molecule has 9 heteroatoms. The van der Waals surface area contributed by atoms with Crippen LogP contribution in [0.5, 0.6) is 0 Å². The van der Waals surface area contributed by atoms with Gasteiger partial charge in [-0.05, 0) is 44.5 Å². The maximum atomic E-state index is 12.5. The molecule has 0 saturated carbocycles. The summed E-state index contributed by atoms with van der Waals surface area (Å²) in [4.78, 5) is 4.46. The average Bonchev–Trinajstić information content (AvgIpc) is 3.34. The summed E-state index contributed by atoms with van der Waals surface area (Å²) in [5, 5.41) is 3.67. The summed E-state index contributed by atoms with van der Waals surface area (Å²) >= 11 is 0. The minimum atomic E-state index is -3.83. The van der Waals surface area contributed by atoms with Crippen LogP contribution in [0.15, 0.2) is 50.7 Å². The Bertz CT molecular complexity index is 1230. The molecule has 0 aliphatic carbocycles. The molecule has 0 atom stereocenters. The van der Waals surface area contributed by atoms with Crippen molar-refractivity contribution in [1.82, 2.24) is 19.3 Å². The first-order valence-electron chi connectivity index (χ1n) is 8.31. The van der Waals surface area contributed by atoms with Gasteiger partial charge in [0.2, 0.25) is 10.9 Å². The summed E-state index contributed by atoms with van der Waals surface area (Å²) in [5.74, 6) is 0.738. The summed E-state index contributed by atoms with van der Waals surface area (Å²) in [6.45, 7) is 5.65. The Morgan fingerprint density at radius 2 is 2.00 bits per heavy atom. The number of imidazole rings is 1. The number of rotatable bonds is 5. The Morgan fingerprint density at radius 1 is 1.19 bits per heavy atom. The van der Waals surface area contributed by atoms with Gasteiger partial charge in [-0.1, -0.05) is 11.2 Å². The zero-order valence-corrected chi connectivity index (χ0v) is 15.9. The molecule has 4 rings (SSSR count). The van der Waals surface area contributed by atoms with E-state index in [-0.39, 0.29) is 11.6 Å². The third-order valence-corrected chi connectivity index (χ3v) is 5.67. The van der Waals surface area contributed by atoms with Gasteiger partial charge in [0.15, 0.2) is 5.76 Å².